The molecule has 348 valence electrons. The number of carbonyl (C=O) groups is 4. The maximum Gasteiger partial charge on any atom is 0.409 e. The van der Waals surface area contributed by atoms with Crippen molar-refractivity contribution < 1.29 is 77.1 Å². The maximum atomic E-state index is 14.4. The Morgan fingerprint density at radius 1 is 0.883 bits per heavy atom. The fraction of sp³-hybridized carbons (Fsp3) is 0.905. The molecule has 3 heterocycles. The molecule has 0 aliphatic carbocycles. The van der Waals surface area contributed by atoms with E-state index in [0.29, 0.717) is 6.42 Å². The second kappa shape index (κ2) is 21.2. The number of esters is 2. The summed E-state index contributed by atoms with van der Waals surface area (Å²) in [5, 5.41) is 34.7. The number of methoxy groups -OCH3 is 2. The van der Waals surface area contributed by atoms with Gasteiger partial charge in [0.05, 0.1) is 48.1 Å². The first-order valence-corrected chi connectivity index (χ1v) is 21.1. The molecular weight excluding hydrogens is 788 g/mol. The molecular formula is C42H74N2O16. The highest BCUT2D eigenvalue weighted by Gasteiger charge is 2.55. The average Bonchev–Trinajstić information content (AvgIpc) is 3.17. The number of carbonyl (C=O) groups excluding carboxylic acids is 4. The largest absolute Gasteiger partial charge is 0.459 e. The number of ketones is 1. The van der Waals surface area contributed by atoms with Crippen LogP contribution < -0.4 is 5.32 Å². The molecule has 3 fully saturated rings. The Kier molecular flexibility index (Phi) is 18.3. The summed E-state index contributed by atoms with van der Waals surface area (Å²) in [4.78, 5) is 55.5. The van der Waals surface area contributed by atoms with Gasteiger partial charge in [-0.25, -0.2) is 4.79 Å². The van der Waals surface area contributed by atoms with E-state index in [1.54, 1.807) is 48.5 Å². The molecule has 0 radical (unpaired) electrons. The van der Waals surface area contributed by atoms with Crippen LogP contribution in [0.25, 0.3) is 0 Å². The number of cyclic esters (lactones) is 1. The SMILES string of the molecule is CC[C@H]1OC(=O)[C@H](C)[C@@H](OC2C[C@@](C)(OC)[C@@H](OC(=O)NCO)[C@H](C)O2)[C@H](C)[C@@H](O[C@@H]2O[C@H](C)C[C@H](N(C)C)[C@H]2OC(C)=O)[C@](C)(OC)C[C@@H](C)C(=O)[C@H](C)[C@@H](O)[C@]1(C)O. The highest BCUT2D eigenvalue weighted by molar-refractivity contribution is 5.83. The third-order valence-electron chi connectivity index (χ3n) is 13.0. The van der Waals surface area contributed by atoms with E-state index in [0.717, 1.165) is 0 Å². The van der Waals surface area contributed by atoms with Crippen LogP contribution in [-0.2, 0) is 57.0 Å². The first-order chi connectivity index (χ1) is 27.8. The van der Waals surface area contributed by atoms with Crippen molar-refractivity contribution in [2.24, 2.45) is 23.7 Å². The molecule has 0 bridgehead atoms. The third-order valence-corrected chi connectivity index (χ3v) is 13.0. The van der Waals surface area contributed by atoms with Crippen LogP contribution in [0.3, 0.4) is 0 Å². The highest BCUT2D eigenvalue weighted by Crippen LogP contribution is 2.42. The van der Waals surface area contributed by atoms with Crippen LogP contribution in [0.4, 0.5) is 4.79 Å². The fourth-order valence-corrected chi connectivity index (χ4v) is 9.32. The number of ether oxygens (including phenoxy) is 9. The summed E-state index contributed by atoms with van der Waals surface area (Å²) in [6, 6.07) is -0.314. The lowest BCUT2D eigenvalue weighted by Crippen LogP contribution is -2.62. The van der Waals surface area contributed by atoms with Gasteiger partial charge in [0, 0.05) is 45.3 Å². The fourth-order valence-electron chi connectivity index (χ4n) is 9.32. The Bertz CT molecular complexity index is 1450. The topological polar surface area (TPSA) is 227 Å². The predicted octanol–water partition coefficient (Wildman–Crippen LogP) is 2.69. The van der Waals surface area contributed by atoms with Crippen LogP contribution in [-0.4, -0.2) is 163 Å². The lowest BCUT2D eigenvalue weighted by atomic mass is 9.74. The zero-order chi connectivity index (χ0) is 45.7. The molecule has 18 atom stereocenters. The van der Waals surface area contributed by atoms with Gasteiger partial charge in [-0.1, -0.05) is 27.7 Å². The van der Waals surface area contributed by atoms with Gasteiger partial charge in [-0.15, -0.1) is 0 Å². The van der Waals surface area contributed by atoms with E-state index in [9.17, 15) is 34.5 Å². The monoisotopic (exact) mass is 863 g/mol. The van der Waals surface area contributed by atoms with Crippen molar-refractivity contribution in [3.8, 4) is 0 Å². The van der Waals surface area contributed by atoms with Gasteiger partial charge in [-0.05, 0) is 74.9 Å². The van der Waals surface area contributed by atoms with E-state index in [1.165, 1.54) is 35.0 Å². The molecule has 3 rings (SSSR count). The quantitative estimate of drug-likeness (QED) is 0.133. The number of aliphatic hydroxyl groups is 3. The van der Waals surface area contributed by atoms with E-state index in [-0.39, 0.29) is 37.2 Å². The number of hydrogen-bond acceptors (Lipinski definition) is 17. The Morgan fingerprint density at radius 2 is 1.48 bits per heavy atom. The van der Waals surface area contributed by atoms with E-state index < -0.39 is 121 Å². The van der Waals surface area contributed by atoms with Gasteiger partial charge in [0.2, 0.25) is 0 Å². The molecule has 3 aliphatic rings. The summed E-state index contributed by atoms with van der Waals surface area (Å²) in [5.74, 6) is -5.43. The number of aliphatic hydroxyl groups excluding tert-OH is 2. The number of nitrogens with one attached hydrogen (secondary N) is 1. The zero-order valence-electron chi connectivity index (χ0n) is 38.3. The van der Waals surface area contributed by atoms with Gasteiger partial charge >= 0.3 is 18.0 Å². The van der Waals surface area contributed by atoms with Crippen LogP contribution in [0, 0.1) is 23.7 Å². The Hall–Kier alpha value is -2.52. The molecule has 0 aromatic carbocycles. The molecule has 0 saturated carbocycles. The second-order valence-electron chi connectivity index (χ2n) is 17.9. The lowest BCUT2D eigenvalue weighted by molar-refractivity contribution is -0.320. The normalized spacial score (nSPS) is 43.8. The van der Waals surface area contributed by atoms with Crippen LogP contribution in [0.1, 0.15) is 102 Å². The van der Waals surface area contributed by atoms with Crippen molar-refractivity contribution in [2.45, 2.75) is 186 Å². The molecule has 18 nitrogen and oxygen atoms in total. The van der Waals surface area contributed by atoms with Gasteiger partial charge in [-0.3, -0.25) is 19.7 Å². The van der Waals surface area contributed by atoms with Gasteiger partial charge in [0.1, 0.15) is 29.8 Å². The van der Waals surface area contributed by atoms with Crippen LogP contribution in [0.5, 0.6) is 0 Å². The molecule has 4 N–H and O–H groups in total. The van der Waals surface area contributed by atoms with Crippen LogP contribution in [0.15, 0.2) is 0 Å². The molecule has 1 unspecified atom stereocenters. The van der Waals surface area contributed by atoms with Crippen LogP contribution >= 0.6 is 0 Å². The van der Waals surface area contributed by atoms with Crippen molar-refractivity contribution in [3.63, 3.8) is 0 Å². The van der Waals surface area contributed by atoms with Crippen molar-refractivity contribution >= 4 is 23.8 Å². The molecule has 0 aromatic rings. The Balaban J connectivity index is 2.26. The van der Waals surface area contributed by atoms with Gasteiger partial charge < -0.3 is 62.9 Å². The first-order valence-electron chi connectivity index (χ1n) is 21.1. The van der Waals surface area contributed by atoms with E-state index in [4.69, 9.17) is 42.6 Å². The van der Waals surface area contributed by atoms with Gasteiger partial charge in [0.25, 0.3) is 0 Å². The van der Waals surface area contributed by atoms with E-state index in [1.807, 2.05) is 25.9 Å². The molecule has 0 spiro atoms. The standard InChI is InChI=1S/C42H74N2O16/c1-16-29-42(11,51)34(48)23(4)31(47)21(2)18-40(9,52-14)35(59-38-33(56-27(8)46)28(44(12)13)17-22(3)54-38)24(5)32(25(6)37(49)57-29)58-30-19-41(10,53-15)36(26(7)55-30)60-39(50)43-20-45/h21-26,28-30,32-36,38,45,48,51H,16-20H2,1-15H3,(H,43,50)/t21-,22-,23+,24+,25-,26+,28+,29-,30?,32+,33-,34-,35-,36+,38+,40-,41-,42-/m1/s1. The molecule has 1 amide bonds. The molecule has 18 heteroatoms. The predicted molar refractivity (Wildman–Crippen MR) is 215 cm³/mol. The van der Waals surface area contributed by atoms with Crippen molar-refractivity contribution in [3.05, 3.63) is 0 Å². The summed E-state index contributed by atoms with van der Waals surface area (Å²) in [6.45, 7) is 17.4. The van der Waals surface area contributed by atoms with Crippen molar-refractivity contribution in [2.75, 3.05) is 35.0 Å². The molecule has 3 aliphatic heterocycles. The summed E-state index contributed by atoms with van der Waals surface area (Å²) >= 11 is 0. The first kappa shape index (κ1) is 51.8. The Morgan fingerprint density at radius 3 is 2.02 bits per heavy atom. The lowest BCUT2D eigenvalue weighted by Gasteiger charge is -2.50. The summed E-state index contributed by atoms with van der Waals surface area (Å²) in [7, 11) is 6.67. The minimum Gasteiger partial charge on any atom is -0.459 e. The number of hydrogen-bond donors (Lipinski definition) is 4. The van der Waals surface area contributed by atoms with Crippen molar-refractivity contribution in [1.82, 2.24) is 10.2 Å². The maximum absolute atomic E-state index is 14.4. The molecule has 60 heavy (non-hydrogen) atoms. The van der Waals surface area contributed by atoms with Crippen LogP contribution in [0.2, 0.25) is 0 Å². The van der Waals surface area contributed by atoms with Gasteiger partial charge in [0.15, 0.2) is 24.8 Å². The number of Topliss-reactive ketones (excluding diaryl/α,β-unsaturated/α-hetero) is 1. The highest BCUT2D eigenvalue weighted by atomic mass is 16.7. The van der Waals surface area contributed by atoms with E-state index >= 15 is 0 Å². The van der Waals surface area contributed by atoms with E-state index in [2.05, 4.69) is 5.32 Å². The third kappa shape index (κ3) is 11.7. The smallest absolute Gasteiger partial charge is 0.409 e. The summed E-state index contributed by atoms with van der Waals surface area (Å²) in [6.07, 6.45) is -10.4. The van der Waals surface area contributed by atoms with Gasteiger partial charge in [-0.2, -0.15) is 0 Å². The summed E-state index contributed by atoms with van der Waals surface area (Å²) < 4.78 is 56.4. The molecule has 3 saturated heterocycles. The van der Waals surface area contributed by atoms with Crippen molar-refractivity contribution in [1.29, 1.82) is 0 Å². The zero-order valence-corrected chi connectivity index (χ0v) is 38.3. The minimum absolute atomic E-state index is 0.00712. The number of likely N-dealkylation sites (N-methyl/N-ethyl adjacent to an activating group) is 1. The molecule has 0 aromatic heterocycles. The number of rotatable bonds is 11. The number of nitrogens with zero attached hydrogens (tertiary/aromatic N) is 1. The number of alkyl carbamates (subject to hydrolysis) is 1. The average molecular weight is 863 g/mol. The summed E-state index contributed by atoms with van der Waals surface area (Å²) in [5.41, 5.74) is -4.55. The second-order valence-corrected chi connectivity index (χ2v) is 17.9. The Labute approximate surface area is 355 Å². The minimum atomic E-state index is -2.02. The number of amides is 1.